The van der Waals surface area contributed by atoms with E-state index in [-0.39, 0.29) is 12.3 Å². The number of carbonyl (C=O) groups excluding carboxylic acids is 1. The number of anilines is 1. The molecule has 0 aliphatic carbocycles. The maximum atomic E-state index is 13.2. The molecule has 0 bridgehead atoms. The van der Waals surface area contributed by atoms with Crippen LogP contribution in [0.3, 0.4) is 0 Å². The van der Waals surface area contributed by atoms with Crippen LogP contribution < -0.4 is 5.32 Å². The largest absolute Gasteiger partial charge is 0.508 e. The van der Waals surface area contributed by atoms with Crippen molar-refractivity contribution in [1.82, 2.24) is 0 Å². The Bertz CT molecular complexity index is 676. The van der Waals surface area contributed by atoms with E-state index in [2.05, 4.69) is 10.1 Å². The molecule has 4 nitrogen and oxygen atoms in total. The van der Waals surface area contributed by atoms with Crippen LogP contribution in [0.5, 0.6) is 5.75 Å². The fourth-order valence-electron chi connectivity index (χ4n) is 1.84. The maximum Gasteiger partial charge on any atom is 0.339 e. The van der Waals surface area contributed by atoms with E-state index in [1.807, 2.05) is 0 Å². The molecule has 0 aliphatic heterocycles. The molecule has 21 heavy (non-hydrogen) atoms. The number of nitrogens with one attached hydrogen (secondary N) is 1. The summed E-state index contributed by atoms with van der Waals surface area (Å²) in [6.45, 7) is 0.133. The van der Waals surface area contributed by atoms with Gasteiger partial charge in [-0.05, 0) is 36.4 Å². The fourth-order valence-corrected chi connectivity index (χ4v) is 2.01. The molecule has 2 aromatic rings. The Morgan fingerprint density at radius 1 is 1.33 bits per heavy atom. The summed E-state index contributed by atoms with van der Waals surface area (Å²) in [6, 6.07) is 8.30. The monoisotopic (exact) mass is 309 g/mol. The standard InChI is InChI=1S/C15H13ClFNO3/c1-21-15(20)12-4-2-10(16)7-13(12)18-8-9-6-11(17)3-5-14(9)19/h2-7,18-19H,8H2,1H3. The Morgan fingerprint density at radius 3 is 2.81 bits per heavy atom. The van der Waals surface area contributed by atoms with Gasteiger partial charge >= 0.3 is 5.97 Å². The van der Waals surface area contributed by atoms with Crippen LogP contribution in [0.15, 0.2) is 36.4 Å². The summed E-state index contributed by atoms with van der Waals surface area (Å²) in [6.07, 6.45) is 0. The zero-order chi connectivity index (χ0) is 15.4. The Labute approximate surface area is 126 Å². The first kappa shape index (κ1) is 15.1. The lowest BCUT2D eigenvalue weighted by atomic mass is 10.1. The molecule has 0 fully saturated rings. The summed E-state index contributed by atoms with van der Waals surface area (Å²) in [5, 5.41) is 13.0. The van der Waals surface area contributed by atoms with E-state index in [4.69, 9.17) is 11.6 Å². The predicted molar refractivity (Wildman–Crippen MR) is 78.2 cm³/mol. The highest BCUT2D eigenvalue weighted by molar-refractivity contribution is 6.31. The molecule has 0 amide bonds. The molecule has 0 aromatic heterocycles. The van der Waals surface area contributed by atoms with Gasteiger partial charge in [0.05, 0.1) is 18.4 Å². The van der Waals surface area contributed by atoms with Crippen molar-refractivity contribution in [2.24, 2.45) is 0 Å². The van der Waals surface area contributed by atoms with E-state index in [9.17, 15) is 14.3 Å². The van der Waals surface area contributed by atoms with Crippen LogP contribution in [0.2, 0.25) is 5.02 Å². The number of ether oxygens (including phenoxy) is 1. The number of phenols is 1. The Morgan fingerprint density at radius 2 is 2.10 bits per heavy atom. The summed E-state index contributed by atoms with van der Waals surface area (Å²) < 4.78 is 17.8. The van der Waals surface area contributed by atoms with Crippen LogP contribution in [-0.4, -0.2) is 18.2 Å². The maximum absolute atomic E-state index is 13.2. The molecule has 2 aromatic carbocycles. The van der Waals surface area contributed by atoms with Crippen LogP contribution in [0.25, 0.3) is 0 Å². The number of phenolic OH excluding ortho intramolecular Hbond substituents is 1. The molecule has 2 rings (SSSR count). The number of hydrogen-bond donors (Lipinski definition) is 2. The molecule has 0 saturated carbocycles. The molecule has 0 spiro atoms. The van der Waals surface area contributed by atoms with Gasteiger partial charge in [0.15, 0.2) is 0 Å². The Hall–Kier alpha value is -2.27. The number of halogens is 2. The predicted octanol–water partition coefficient (Wildman–Crippen LogP) is 3.58. The first-order valence-electron chi connectivity index (χ1n) is 6.10. The van der Waals surface area contributed by atoms with Crippen molar-refractivity contribution in [3.05, 3.63) is 58.4 Å². The van der Waals surface area contributed by atoms with Gasteiger partial charge in [0.1, 0.15) is 11.6 Å². The SMILES string of the molecule is COC(=O)c1ccc(Cl)cc1NCc1cc(F)ccc1O. The van der Waals surface area contributed by atoms with Crippen molar-refractivity contribution in [3.8, 4) is 5.75 Å². The molecule has 0 atom stereocenters. The summed E-state index contributed by atoms with van der Waals surface area (Å²) in [5.41, 5.74) is 1.11. The molecular weight excluding hydrogens is 297 g/mol. The topological polar surface area (TPSA) is 58.6 Å². The van der Waals surface area contributed by atoms with Gasteiger partial charge in [-0.2, -0.15) is 0 Å². The third kappa shape index (κ3) is 3.64. The van der Waals surface area contributed by atoms with Gasteiger partial charge in [-0.15, -0.1) is 0 Å². The van der Waals surface area contributed by atoms with E-state index in [0.717, 1.165) is 6.07 Å². The molecule has 110 valence electrons. The second-order valence-corrected chi connectivity index (χ2v) is 4.74. The summed E-state index contributed by atoms with van der Waals surface area (Å²) in [5.74, 6) is -1.01. The molecule has 2 N–H and O–H groups in total. The highest BCUT2D eigenvalue weighted by Gasteiger charge is 2.13. The molecule has 0 radical (unpaired) electrons. The second kappa shape index (κ2) is 6.45. The van der Waals surface area contributed by atoms with Crippen LogP contribution in [0.1, 0.15) is 15.9 Å². The number of aromatic hydroxyl groups is 1. The van der Waals surface area contributed by atoms with Gasteiger partial charge in [-0.1, -0.05) is 11.6 Å². The van der Waals surface area contributed by atoms with Crippen molar-refractivity contribution in [1.29, 1.82) is 0 Å². The number of methoxy groups -OCH3 is 1. The third-order valence-electron chi connectivity index (χ3n) is 2.90. The van der Waals surface area contributed by atoms with Crippen molar-refractivity contribution in [3.63, 3.8) is 0 Å². The number of benzene rings is 2. The molecule has 6 heteroatoms. The minimum Gasteiger partial charge on any atom is -0.508 e. The number of carbonyl (C=O) groups is 1. The van der Waals surface area contributed by atoms with E-state index in [1.54, 1.807) is 12.1 Å². The average Bonchev–Trinajstić information content (AvgIpc) is 2.47. The minimum atomic E-state index is -0.516. The molecule has 0 heterocycles. The second-order valence-electron chi connectivity index (χ2n) is 4.31. The zero-order valence-corrected chi connectivity index (χ0v) is 11.9. The van der Waals surface area contributed by atoms with E-state index >= 15 is 0 Å². The molecule has 0 unspecified atom stereocenters. The third-order valence-corrected chi connectivity index (χ3v) is 3.13. The number of hydrogen-bond acceptors (Lipinski definition) is 4. The zero-order valence-electron chi connectivity index (χ0n) is 11.2. The molecule has 0 saturated heterocycles. The highest BCUT2D eigenvalue weighted by atomic mass is 35.5. The first-order valence-corrected chi connectivity index (χ1v) is 6.48. The first-order chi connectivity index (χ1) is 10.0. The Kier molecular flexibility index (Phi) is 4.65. The quantitative estimate of drug-likeness (QED) is 0.848. The molecular formula is C15H13ClFNO3. The Balaban J connectivity index is 2.25. The van der Waals surface area contributed by atoms with Crippen LogP contribution in [0, 0.1) is 5.82 Å². The van der Waals surface area contributed by atoms with Gasteiger partial charge in [-0.3, -0.25) is 0 Å². The van der Waals surface area contributed by atoms with Gasteiger partial charge < -0.3 is 15.2 Å². The van der Waals surface area contributed by atoms with E-state index in [1.165, 1.54) is 25.3 Å². The number of rotatable bonds is 4. The van der Waals surface area contributed by atoms with Crippen LogP contribution >= 0.6 is 11.6 Å². The minimum absolute atomic E-state index is 0.0365. The summed E-state index contributed by atoms with van der Waals surface area (Å²) in [7, 11) is 1.28. The average molecular weight is 310 g/mol. The van der Waals surface area contributed by atoms with Crippen LogP contribution in [-0.2, 0) is 11.3 Å². The van der Waals surface area contributed by atoms with Crippen LogP contribution in [0.4, 0.5) is 10.1 Å². The van der Waals surface area contributed by atoms with Crippen molar-refractivity contribution in [2.45, 2.75) is 6.54 Å². The summed E-state index contributed by atoms with van der Waals surface area (Å²) in [4.78, 5) is 11.7. The lowest BCUT2D eigenvalue weighted by molar-refractivity contribution is 0.0602. The number of esters is 1. The van der Waals surface area contributed by atoms with Gasteiger partial charge in [0, 0.05) is 17.1 Å². The van der Waals surface area contributed by atoms with Crippen molar-refractivity contribution >= 4 is 23.3 Å². The van der Waals surface area contributed by atoms with Crippen molar-refractivity contribution < 1.29 is 19.0 Å². The summed E-state index contributed by atoms with van der Waals surface area (Å²) >= 11 is 5.90. The fraction of sp³-hybridized carbons (Fsp3) is 0.133. The van der Waals surface area contributed by atoms with Gasteiger partial charge in [0.2, 0.25) is 0 Å². The van der Waals surface area contributed by atoms with E-state index in [0.29, 0.717) is 21.8 Å². The van der Waals surface area contributed by atoms with E-state index < -0.39 is 11.8 Å². The lowest BCUT2D eigenvalue weighted by Crippen LogP contribution is -2.08. The highest BCUT2D eigenvalue weighted by Crippen LogP contribution is 2.24. The van der Waals surface area contributed by atoms with Gasteiger partial charge in [-0.25, -0.2) is 9.18 Å². The lowest BCUT2D eigenvalue weighted by Gasteiger charge is -2.12. The molecule has 0 aliphatic rings. The smallest absolute Gasteiger partial charge is 0.339 e. The normalized spacial score (nSPS) is 10.2. The van der Waals surface area contributed by atoms with Crippen molar-refractivity contribution in [2.75, 3.05) is 12.4 Å². The van der Waals surface area contributed by atoms with Gasteiger partial charge in [0.25, 0.3) is 0 Å².